The summed E-state index contributed by atoms with van der Waals surface area (Å²) in [5.74, 6) is -2.19. The van der Waals surface area contributed by atoms with E-state index in [1.165, 1.54) is 35.2 Å². The zero-order chi connectivity index (χ0) is 33.4. The number of nitrogens with one attached hydrogen (secondary N) is 3. The molecule has 256 valence electrons. The number of rotatable bonds is 6. The smallest absolute Gasteiger partial charge is 0.409 e. The van der Waals surface area contributed by atoms with Gasteiger partial charge in [0, 0.05) is 37.4 Å². The number of anilines is 2. The molecule has 3 N–H and O–H groups in total. The van der Waals surface area contributed by atoms with Crippen molar-refractivity contribution in [1.82, 2.24) is 10.2 Å². The van der Waals surface area contributed by atoms with Crippen LogP contribution in [-0.2, 0) is 23.4 Å². The van der Waals surface area contributed by atoms with Gasteiger partial charge in [0.25, 0.3) is 0 Å². The van der Waals surface area contributed by atoms with E-state index in [9.17, 15) is 28.0 Å². The molecule has 4 rings (SSSR count). The van der Waals surface area contributed by atoms with Gasteiger partial charge in [-0.15, -0.1) is 0 Å². The van der Waals surface area contributed by atoms with Gasteiger partial charge >= 0.3 is 12.1 Å². The van der Waals surface area contributed by atoms with Gasteiger partial charge < -0.3 is 29.9 Å². The first-order valence-electron chi connectivity index (χ1n) is 14.4. The van der Waals surface area contributed by atoms with Gasteiger partial charge in [0.15, 0.2) is 0 Å². The van der Waals surface area contributed by atoms with Crippen molar-refractivity contribution in [3.05, 3.63) is 58.1 Å². The van der Waals surface area contributed by atoms with Crippen molar-refractivity contribution in [2.24, 2.45) is 11.8 Å². The SMILES string of the molecule is C.CCC(=O)OCl.CCOC(=O)N1CCC[C@H](C(=O)Nc2ccc(Cl)c(F)c2)C1.O=C(Nc1ccc(Cl)c(F)c1)[C@H]1CCCNC1. The Morgan fingerprint density at radius 1 is 0.913 bits per heavy atom. The van der Waals surface area contributed by atoms with E-state index in [1.54, 1.807) is 19.9 Å². The maximum absolute atomic E-state index is 13.4. The van der Waals surface area contributed by atoms with Crippen LogP contribution in [0.2, 0.25) is 10.0 Å². The second-order valence-electron chi connectivity index (χ2n) is 10.1. The molecule has 2 heterocycles. The third-order valence-corrected chi connectivity index (χ3v) is 7.52. The molecule has 0 saturated carbocycles. The Morgan fingerprint density at radius 2 is 1.46 bits per heavy atom. The largest absolute Gasteiger partial charge is 0.450 e. The number of halogens is 5. The molecule has 0 spiro atoms. The van der Waals surface area contributed by atoms with Gasteiger partial charge in [0.1, 0.15) is 23.5 Å². The van der Waals surface area contributed by atoms with Crippen molar-refractivity contribution < 1.29 is 37.0 Å². The summed E-state index contributed by atoms with van der Waals surface area (Å²) in [5.41, 5.74) is 0.794. The topological polar surface area (TPSA) is 126 Å². The number of likely N-dealkylation sites (tertiary alicyclic amines) is 1. The average Bonchev–Trinajstić information content (AvgIpc) is 3.05. The standard InChI is InChI=1S/C15H18ClFN2O3.C12H14ClFN2O.C3H5ClO2.CH4/c1-2-22-15(21)19-7-3-4-10(9-19)14(20)18-11-5-6-12(16)13(17)8-11;13-10-4-3-9(6-11(10)14)16-12(17)8-2-1-5-15-7-8;1-2-3(5)6-4;/h5-6,8,10H,2-4,7,9H2,1H3,(H,18,20);3-4,6,8,15H,1-2,5,7H2,(H,16,17);2H2,1H3;1H4/t10-;8-;;/m00../s1. The summed E-state index contributed by atoms with van der Waals surface area (Å²) in [6.07, 6.45) is 3.20. The fraction of sp³-hybridized carbons (Fsp3) is 0.484. The summed E-state index contributed by atoms with van der Waals surface area (Å²) in [6.45, 7) is 6.24. The second-order valence-corrected chi connectivity index (χ2v) is 11.0. The van der Waals surface area contributed by atoms with Crippen molar-refractivity contribution in [2.45, 2.75) is 53.4 Å². The van der Waals surface area contributed by atoms with Crippen LogP contribution >= 0.6 is 35.1 Å². The van der Waals surface area contributed by atoms with Crippen molar-refractivity contribution in [1.29, 1.82) is 0 Å². The number of carbonyl (C=O) groups excluding carboxylic acids is 4. The number of piperidine rings is 2. The molecule has 0 bridgehead atoms. The van der Waals surface area contributed by atoms with E-state index in [2.05, 4.69) is 32.1 Å². The molecule has 2 aromatic rings. The van der Waals surface area contributed by atoms with Crippen LogP contribution in [-0.4, -0.2) is 61.6 Å². The molecule has 3 amide bonds. The monoisotopic (exact) mass is 708 g/mol. The predicted octanol–water partition coefficient (Wildman–Crippen LogP) is 7.43. The first kappa shape index (κ1) is 40.8. The van der Waals surface area contributed by atoms with Crippen LogP contribution in [0.5, 0.6) is 0 Å². The zero-order valence-corrected chi connectivity index (χ0v) is 27.2. The van der Waals surface area contributed by atoms with Gasteiger partial charge in [-0.1, -0.05) is 37.6 Å². The van der Waals surface area contributed by atoms with Crippen LogP contribution < -0.4 is 16.0 Å². The van der Waals surface area contributed by atoms with Gasteiger partial charge in [0.2, 0.25) is 11.8 Å². The lowest BCUT2D eigenvalue weighted by atomic mass is 9.97. The Balaban J connectivity index is 0.000000392. The molecule has 2 saturated heterocycles. The van der Waals surface area contributed by atoms with Crippen molar-refractivity contribution >= 4 is 70.3 Å². The van der Waals surface area contributed by atoms with Crippen molar-refractivity contribution in [2.75, 3.05) is 43.4 Å². The Morgan fingerprint density at radius 3 is 1.89 bits per heavy atom. The van der Waals surface area contributed by atoms with E-state index >= 15 is 0 Å². The van der Waals surface area contributed by atoms with Gasteiger partial charge in [-0.3, -0.25) is 14.4 Å². The predicted molar refractivity (Wildman–Crippen MR) is 176 cm³/mol. The Hall–Kier alpha value is -3.19. The van der Waals surface area contributed by atoms with Crippen LogP contribution in [0.1, 0.15) is 53.4 Å². The fourth-order valence-corrected chi connectivity index (χ4v) is 4.68. The van der Waals surface area contributed by atoms with Crippen LogP contribution in [0.25, 0.3) is 0 Å². The van der Waals surface area contributed by atoms with E-state index in [1.807, 2.05) is 0 Å². The third kappa shape index (κ3) is 14.1. The first-order valence-corrected chi connectivity index (χ1v) is 15.5. The molecular formula is C31H41Cl3F2N4O6. The van der Waals surface area contributed by atoms with E-state index in [0.29, 0.717) is 50.5 Å². The van der Waals surface area contributed by atoms with E-state index in [-0.39, 0.29) is 41.1 Å². The number of nitrogens with zero attached hydrogens (tertiary/aromatic N) is 1. The molecular weight excluding hydrogens is 669 g/mol. The Bertz CT molecular complexity index is 1290. The highest BCUT2D eigenvalue weighted by atomic mass is 35.5. The molecule has 2 aromatic carbocycles. The minimum absolute atomic E-state index is 0. The lowest BCUT2D eigenvalue weighted by Crippen LogP contribution is -2.44. The molecule has 0 unspecified atom stereocenters. The summed E-state index contributed by atoms with van der Waals surface area (Å²) >= 11 is 15.8. The molecule has 2 aliphatic heterocycles. The highest BCUT2D eigenvalue weighted by Crippen LogP contribution is 2.23. The molecule has 2 atom stereocenters. The van der Waals surface area contributed by atoms with Crippen LogP contribution in [0.15, 0.2) is 36.4 Å². The van der Waals surface area contributed by atoms with Crippen LogP contribution in [0.4, 0.5) is 25.0 Å². The van der Waals surface area contributed by atoms with Gasteiger partial charge in [0.05, 0.1) is 28.5 Å². The molecule has 0 radical (unpaired) electrons. The fourth-order valence-electron chi connectivity index (χ4n) is 4.34. The molecule has 0 aromatic heterocycles. The molecule has 0 aliphatic carbocycles. The third-order valence-electron chi connectivity index (χ3n) is 6.73. The summed E-state index contributed by atoms with van der Waals surface area (Å²) in [5, 5.41) is 8.58. The maximum Gasteiger partial charge on any atom is 0.409 e. The number of hydrogen-bond donors (Lipinski definition) is 3. The number of carbonyl (C=O) groups is 4. The van der Waals surface area contributed by atoms with E-state index in [0.717, 1.165) is 25.8 Å². The maximum atomic E-state index is 13.4. The molecule has 2 aliphatic rings. The summed E-state index contributed by atoms with van der Waals surface area (Å²) in [7, 11) is 0. The highest BCUT2D eigenvalue weighted by molar-refractivity contribution is 6.31. The summed E-state index contributed by atoms with van der Waals surface area (Å²) in [4.78, 5) is 47.2. The molecule has 15 heteroatoms. The average molecular weight is 710 g/mol. The van der Waals surface area contributed by atoms with Gasteiger partial charge in [-0.05, 0) is 75.5 Å². The highest BCUT2D eigenvalue weighted by Gasteiger charge is 2.29. The number of amides is 3. The Kier molecular flexibility index (Phi) is 19.2. The van der Waals surface area contributed by atoms with E-state index < -0.39 is 23.7 Å². The number of benzene rings is 2. The lowest BCUT2D eigenvalue weighted by Gasteiger charge is -2.31. The quantitative estimate of drug-likeness (QED) is 0.285. The summed E-state index contributed by atoms with van der Waals surface area (Å²) < 4.78 is 35.2. The van der Waals surface area contributed by atoms with Gasteiger partial charge in [-0.2, -0.15) is 0 Å². The molecule has 46 heavy (non-hydrogen) atoms. The summed E-state index contributed by atoms with van der Waals surface area (Å²) in [6, 6.07) is 8.36. The zero-order valence-electron chi connectivity index (χ0n) is 25.0. The Labute approximate surface area is 283 Å². The van der Waals surface area contributed by atoms with Crippen molar-refractivity contribution in [3.8, 4) is 0 Å². The number of ether oxygens (including phenoxy) is 1. The molecule has 2 fully saturated rings. The van der Waals surface area contributed by atoms with Crippen LogP contribution in [0, 0.1) is 23.5 Å². The first-order chi connectivity index (χ1) is 21.5. The second kappa shape index (κ2) is 21.6. The minimum Gasteiger partial charge on any atom is -0.450 e. The molecule has 10 nitrogen and oxygen atoms in total. The normalized spacial score (nSPS) is 17.0. The van der Waals surface area contributed by atoms with Crippen LogP contribution in [0.3, 0.4) is 0 Å². The van der Waals surface area contributed by atoms with Gasteiger partial charge in [-0.25, -0.2) is 13.6 Å². The van der Waals surface area contributed by atoms with Crippen molar-refractivity contribution in [3.63, 3.8) is 0 Å². The minimum atomic E-state index is -0.587. The van der Waals surface area contributed by atoms with E-state index in [4.69, 9.17) is 27.9 Å². The number of hydrogen-bond acceptors (Lipinski definition) is 7. The lowest BCUT2D eigenvalue weighted by molar-refractivity contribution is -0.133.